The van der Waals surface area contributed by atoms with E-state index in [4.69, 9.17) is 12.2 Å². The van der Waals surface area contributed by atoms with E-state index in [2.05, 4.69) is 15.8 Å². The van der Waals surface area contributed by atoms with Gasteiger partial charge in [-0.3, -0.25) is 0 Å². The molecule has 1 aromatic rings. The van der Waals surface area contributed by atoms with Gasteiger partial charge < -0.3 is 10.6 Å². The van der Waals surface area contributed by atoms with Crippen molar-refractivity contribution in [2.24, 2.45) is 11.7 Å². The van der Waals surface area contributed by atoms with Crippen LogP contribution >= 0.6 is 0 Å². The molecule has 0 aromatic carbocycles. The van der Waals surface area contributed by atoms with Crippen molar-refractivity contribution in [1.29, 1.82) is 0 Å². The van der Waals surface area contributed by atoms with Gasteiger partial charge in [0.05, 0.1) is 6.54 Å². The van der Waals surface area contributed by atoms with Crippen LogP contribution in [0.1, 0.15) is 31.4 Å². The molecule has 0 unspecified atom stereocenters. The number of hydrogen-bond donors (Lipinski definition) is 1. The average Bonchev–Trinajstić information content (AvgIpc) is 3.13. The van der Waals surface area contributed by atoms with E-state index in [0.29, 0.717) is 6.54 Å². The van der Waals surface area contributed by atoms with Gasteiger partial charge in [-0.05, 0) is 37.3 Å². The maximum Gasteiger partial charge on any atom is 0.129 e. The van der Waals surface area contributed by atoms with Crippen molar-refractivity contribution in [1.82, 2.24) is 4.98 Å². The summed E-state index contributed by atoms with van der Waals surface area (Å²) in [4.78, 5) is 6.62. The number of rotatable bonds is 5. The molecule has 1 atom stereocenters. The van der Waals surface area contributed by atoms with Crippen LogP contribution in [0.25, 0.3) is 0 Å². The van der Waals surface area contributed by atoms with Crippen LogP contribution in [-0.2, 0) is 0 Å². The fourth-order valence-corrected chi connectivity index (χ4v) is 1.82. The molecule has 0 aliphatic heterocycles. The first-order valence-electron chi connectivity index (χ1n) is 6.10. The molecule has 0 bridgehead atoms. The van der Waals surface area contributed by atoms with Gasteiger partial charge in [-0.1, -0.05) is 12.0 Å². The minimum atomic E-state index is 0.0288. The van der Waals surface area contributed by atoms with E-state index in [1.807, 2.05) is 25.3 Å². The van der Waals surface area contributed by atoms with E-state index in [1.54, 1.807) is 0 Å². The van der Waals surface area contributed by atoms with Gasteiger partial charge in [-0.25, -0.2) is 4.98 Å². The summed E-state index contributed by atoms with van der Waals surface area (Å²) in [5.41, 5.74) is 6.86. The number of nitrogens with zero attached hydrogens (tertiary/aromatic N) is 2. The minimum absolute atomic E-state index is 0.0288. The second kappa shape index (κ2) is 5.20. The number of terminal acetylenes is 1. The molecule has 1 aliphatic rings. The highest BCUT2D eigenvalue weighted by molar-refractivity contribution is 5.41. The highest BCUT2D eigenvalue weighted by Crippen LogP contribution is 2.30. The van der Waals surface area contributed by atoms with Crippen molar-refractivity contribution < 1.29 is 0 Å². The SMILES string of the molecule is C#CCN(CC1CC1)c1ccc([C@H](C)N)cn1. The normalized spacial score (nSPS) is 16.3. The van der Waals surface area contributed by atoms with E-state index in [9.17, 15) is 0 Å². The fraction of sp³-hybridized carbons (Fsp3) is 0.500. The molecule has 2 rings (SSSR count). The summed E-state index contributed by atoms with van der Waals surface area (Å²) in [6, 6.07) is 4.07. The van der Waals surface area contributed by atoms with Crippen molar-refractivity contribution in [3.8, 4) is 12.3 Å². The van der Waals surface area contributed by atoms with Gasteiger partial charge in [-0.15, -0.1) is 6.42 Å². The summed E-state index contributed by atoms with van der Waals surface area (Å²) in [7, 11) is 0. The minimum Gasteiger partial charge on any atom is -0.345 e. The molecule has 3 nitrogen and oxygen atoms in total. The van der Waals surface area contributed by atoms with Gasteiger partial charge >= 0.3 is 0 Å². The van der Waals surface area contributed by atoms with Gasteiger partial charge in [0, 0.05) is 18.8 Å². The molecule has 0 saturated heterocycles. The smallest absolute Gasteiger partial charge is 0.129 e. The van der Waals surface area contributed by atoms with Crippen LogP contribution in [0.4, 0.5) is 5.82 Å². The van der Waals surface area contributed by atoms with Crippen LogP contribution in [0.2, 0.25) is 0 Å². The maximum atomic E-state index is 5.80. The zero-order valence-electron chi connectivity index (χ0n) is 10.3. The Morgan fingerprint density at radius 1 is 1.59 bits per heavy atom. The van der Waals surface area contributed by atoms with Crippen LogP contribution in [0.3, 0.4) is 0 Å². The standard InChI is InChI=1S/C14H19N3/c1-3-8-17(10-12-4-5-12)14-7-6-13(9-16-14)11(2)15/h1,6-7,9,11-12H,4-5,8,10,15H2,2H3/t11-/m0/s1. The molecule has 1 saturated carbocycles. The molecule has 1 heterocycles. The number of aromatic nitrogens is 1. The molecule has 0 amide bonds. The van der Waals surface area contributed by atoms with Crippen molar-refractivity contribution in [2.45, 2.75) is 25.8 Å². The predicted octanol–water partition coefficient (Wildman–Crippen LogP) is 1.95. The number of hydrogen-bond acceptors (Lipinski definition) is 3. The van der Waals surface area contributed by atoms with Crippen LogP contribution in [0, 0.1) is 18.3 Å². The first-order chi connectivity index (χ1) is 8.20. The van der Waals surface area contributed by atoms with Crippen LogP contribution in [0.5, 0.6) is 0 Å². The molecule has 0 radical (unpaired) electrons. The summed E-state index contributed by atoms with van der Waals surface area (Å²) in [5.74, 6) is 4.46. The van der Waals surface area contributed by atoms with Gasteiger partial charge in [-0.2, -0.15) is 0 Å². The Balaban J connectivity index is 2.08. The van der Waals surface area contributed by atoms with Crippen LogP contribution in [-0.4, -0.2) is 18.1 Å². The monoisotopic (exact) mass is 229 g/mol. The molecule has 3 heteroatoms. The molecular formula is C14H19N3. The van der Waals surface area contributed by atoms with E-state index in [0.717, 1.165) is 23.8 Å². The lowest BCUT2D eigenvalue weighted by Gasteiger charge is -2.21. The summed E-state index contributed by atoms with van der Waals surface area (Å²) in [6.07, 6.45) is 9.88. The largest absolute Gasteiger partial charge is 0.345 e. The Bertz CT molecular complexity index is 398. The lowest BCUT2D eigenvalue weighted by Crippen LogP contribution is -2.27. The zero-order valence-corrected chi connectivity index (χ0v) is 10.3. The van der Waals surface area contributed by atoms with Gasteiger partial charge in [0.15, 0.2) is 0 Å². The molecular weight excluding hydrogens is 210 g/mol. The average molecular weight is 229 g/mol. The van der Waals surface area contributed by atoms with Gasteiger partial charge in [0.2, 0.25) is 0 Å². The summed E-state index contributed by atoms with van der Waals surface area (Å²) in [6.45, 7) is 3.61. The number of pyridine rings is 1. The molecule has 90 valence electrons. The predicted molar refractivity (Wildman–Crippen MR) is 70.6 cm³/mol. The first-order valence-corrected chi connectivity index (χ1v) is 6.10. The third-order valence-electron chi connectivity index (χ3n) is 3.08. The van der Waals surface area contributed by atoms with Crippen molar-refractivity contribution >= 4 is 5.82 Å². The quantitative estimate of drug-likeness (QED) is 0.785. The molecule has 2 N–H and O–H groups in total. The molecule has 1 fully saturated rings. The fourth-order valence-electron chi connectivity index (χ4n) is 1.82. The second-order valence-corrected chi connectivity index (χ2v) is 4.77. The van der Waals surface area contributed by atoms with E-state index in [-0.39, 0.29) is 6.04 Å². The Morgan fingerprint density at radius 2 is 2.35 bits per heavy atom. The van der Waals surface area contributed by atoms with Crippen LogP contribution < -0.4 is 10.6 Å². The number of nitrogens with two attached hydrogens (primary N) is 1. The first kappa shape index (κ1) is 11.9. The highest BCUT2D eigenvalue weighted by atomic mass is 15.2. The zero-order chi connectivity index (χ0) is 12.3. The third kappa shape index (κ3) is 3.21. The lowest BCUT2D eigenvalue weighted by atomic mass is 10.1. The topological polar surface area (TPSA) is 42.1 Å². The Labute approximate surface area is 103 Å². The summed E-state index contributed by atoms with van der Waals surface area (Å²) in [5, 5.41) is 0. The Kier molecular flexibility index (Phi) is 3.65. The highest BCUT2D eigenvalue weighted by Gasteiger charge is 2.24. The Morgan fingerprint density at radius 3 is 2.82 bits per heavy atom. The van der Waals surface area contributed by atoms with Crippen molar-refractivity contribution in [3.05, 3.63) is 23.9 Å². The third-order valence-corrected chi connectivity index (χ3v) is 3.08. The molecule has 0 spiro atoms. The Hall–Kier alpha value is -1.53. The molecule has 1 aliphatic carbocycles. The summed E-state index contributed by atoms with van der Waals surface area (Å²) >= 11 is 0. The van der Waals surface area contributed by atoms with E-state index in [1.165, 1.54) is 12.8 Å². The van der Waals surface area contributed by atoms with E-state index >= 15 is 0 Å². The van der Waals surface area contributed by atoms with Crippen LogP contribution in [0.15, 0.2) is 18.3 Å². The summed E-state index contributed by atoms with van der Waals surface area (Å²) < 4.78 is 0. The lowest BCUT2D eigenvalue weighted by molar-refractivity contribution is 0.751. The maximum absolute atomic E-state index is 5.80. The second-order valence-electron chi connectivity index (χ2n) is 4.77. The van der Waals surface area contributed by atoms with Gasteiger partial charge in [0.1, 0.15) is 5.82 Å². The molecule has 17 heavy (non-hydrogen) atoms. The number of anilines is 1. The van der Waals surface area contributed by atoms with Crippen molar-refractivity contribution in [3.63, 3.8) is 0 Å². The van der Waals surface area contributed by atoms with E-state index < -0.39 is 0 Å². The van der Waals surface area contributed by atoms with Gasteiger partial charge in [0.25, 0.3) is 0 Å². The van der Waals surface area contributed by atoms with Crippen molar-refractivity contribution in [2.75, 3.05) is 18.0 Å². The molecule has 1 aromatic heterocycles.